The molecule has 4 nitrogen and oxygen atoms in total. The number of carbonyl (C=O) groups is 1. The van der Waals surface area contributed by atoms with Crippen LogP contribution in [0.2, 0.25) is 5.02 Å². The minimum atomic E-state index is -4.62. The lowest BCUT2D eigenvalue weighted by atomic mass is 10.1. The number of anilines is 1. The molecule has 0 bridgehead atoms. The molecule has 0 aliphatic rings. The number of amides is 1. The number of hydrogen-bond donors (Lipinski definition) is 2. The van der Waals surface area contributed by atoms with E-state index in [2.05, 4.69) is 10.6 Å². The molecular weight excluding hydrogens is 367 g/mol. The standard InChI is InChI=1S/C18H13ClF3N3O/c19-14-7-5-12(6-8-14)10-24-11-13(9-23)17(26)25-16-4-2-1-3-15(16)18(20,21)22/h1-8,11,24H,10H2,(H,25,26)/b13-11-. The number of alkyl halides is 3. The van der Waals surface area contributed by atoms with Gasteiger partial charge in [-0.05, 0) is 29.8 Å². The number of carbonyl (C=O) groups excluding carboxylic acids is 1. The van der Waals surface area contributed by atoms with Crippen molar-refractivity contribution in [3.05, 3.63) is 76.5 Å². The summed E-state index contributed by atoms with van der Waals surface area (Å²) in [7, 11) is 0. The van der Waals surface area contributed by atoms with Crippen LogP contribution in [0, 0.1) is 11.3 Å². The van der Waals surface area contributed by atoms with Crippen LogP contribution >= 0.6 is 11.6 Å². The average Bonchev–Trinajstić information content (AvgIpc) is 2.60. The number of hydrogen-bond acceptors (Lipinski definition) is 3. The van der Waals surface area contributed by atoms with E-state index in [1.807, 2.05) is 0 Å². The maximum atomic E-state index is 12.9. The van der Waals surface area contributed by atoms with E-state index in [0.29, 0.717) is 11.6 Å². The van der Waals surface area contributed by atoms with Gasteiger partial charge >= 0.3 is 6.18 Å². The van der Waals surface area contributed by atoms with E-state index in [0.717, 1.165) is 23.9 Å². The SMILES string of the molecule is N#C/C(=C/NCc1ccc(Cl)cc1)C(=O)Nc1ccccc1C(F)(F)F. The monoisotopic (exact) mass is 379 g/mol. The van der Waals surface area contributed by atoms with Crippen LogP contribution in [0.15, 0.2) is 60.3 Å². The van der Waals surface area contributed by atoms with Crippen molar-refractivity contribution in [1.82, 2.24) is 5.32 Å². The number of para-hydroxylation sites is 1. The fraction of sp³-hybridized carbons (Fsp3) is 0.111. The Morgan fingerprint density at radius 1 is 1.15 bits per heavy atom. The molecule has 8 heteroatoms. The average molecular weight is 380 g/mol. The third-order valence-electron chi connectivity index (χ3n) is 3.31. The predicted molar refractivity (Wildman–Crippen MR) is 92.1 cm³/mol. The van der Waals surface area contributed by atoms with Crippen LogP contribution in [0.3, 0.4) is 0 Å². The predicted octanol–water partition coefficient (Wildman–Crippen LogP) is 4.49. The molecular formula is C18H13ClF3N3O. The molecule has 134 valence electrons. The minimum absolute atomic E-state index is 0.314. The van der Waals surface area contributed by atoms with Crippen molar-refractivity contribution in [2.75, 3.05) is 5.32 Å². The number of nitrogens with zero attached hydrogens (tertiary/aromatic N) is 1. The van der Waals surface area contributed by atoms with Crippen LogP contribution in [-0.2, 0) is 17.5 Å². The maximum Gasteiger partial charge on any atom is 0.418 e. The quantitative estimate of drug-likeness (QED) is 0.594. The van der Waals surface area contributed by atoms with E-state index in [9.17, 15) is 18.0 Å². The number of halogens is 4. The van der Waals surface area contributed by atoms with Crippen molar-refractivity contribution in [1.29, 1.82) is 5.26 Å². The molecule has 0 aliphatic carbocycles. The molecule has 0 atom stereocenters. The summed E-state index contributed by atoms with van der Waals surface area (Å²) in [6, 6.07) is 13.1. The highest BCUT2D eigenvalue weighted by molar-refractivity contribution is 6.30. The molecule has 0 fully saturated rings. The summed E-state index contributed by atoms with van der Waals surface area (Å²) >= 11 is 5.77. The van der Waals surface area contributed by atoms with Gasteiger partial charge in [-0.15, -0.1) is 0 Å². The third kappa shape index (κ3) is 5.26. The summed E-state index contributed by atoms with van der Waals surface area (Å²) in [4.78, 5) is 12.1. The van der Waals surface area contributed by atoms with Gasteiger partial charge in [-0.3, -0.25) is 4.79 Å². The first kappa shape index (κ1) is 19.3. The highest BCUT2D eigenvalue weighted by atomic mass is 35.5. The van der Waals surface area contributed by atoms with Crippen LogP contribution < -0.4 is 10.6 Å². The second kappa shape index (κ2) is 8.41. The van der Waals surface area contributed by atoms with Gasteiger partial charge in [0.15, 0.2) is 0 Å². The molecule has 0 aliphatic heterocycles. The van der Waals surface area contributed by atoms with Gasteiger partial charge in [-0.1, -0.05) is 35.9 Å². The fourth-order valence-corrected chi connectivity index (χ4v) is 2.18. The van der Waals surface area contributed by atoms with Gasteiger partial charge in [-0.2, -0.15) is 18.4 Å². The van der Waals surface area contributed by atoms with Crippen molar-refractivity contribution in [2.24, 2.45) is 0 Å². The lowest BCUT2D eigenvalue weighted by Crippen LogP contribution is -2.19. The zero-order valence-corrected chi connectivity index (χ0v) is 14.0. The molecule has 1 amide bonds. The first-order valence-electron chi connectivity index (χ1n) is 7.37. The van der Waals surface area contributed by atoms with E-state index < -0.39 is 23.3 Å². The molecule has 2 aromatic rings. The molecule has 0 aromatic heterocycles. The molecule has 2 aromatic carbocycles. The summed E-state index contributed by atoms with van der Waals surface area (Å²) < 4.78 is 38.8. The van der Waals surface area contributed by atoms with Gasteiger partial charge in [0.1, 0.15) is 11.6 Å². The zero-order valence-electron chi connectivity index (χ0n) is 13.3. The topological polar surface area (TPSA) is 64.9 Å². The van der Waals surface area contributed by atoms with Gasteiger partial charge < -0.3 is 10.6 Å². The number of benzene rings is 2. The Bertz CT molecular complexity index is 855. The summed E-state index contributed by atoms with van der Waals surface area (Å²) in [5.74, 6) is -0.937. The Morgan fingerprint density at radius 2 is 1.81 bits per heavy atom. The van der Waals surface area contributed by atoms with Crippen molar-refractivity contribution >= 4 is 23.2 Å². The van der Waals surface area contributed by atoms with E-state index in [-0.39, 0.29) is 5.57 Å². The van der Waals surface area contributed by atoms with Gasteiger partial charge in [0.25, 0.3) is 5.91 Å². The second-order valence-electron chi connectivity index (χ2n) is 5.17. The molecule has 0 unspecified atom stereocenters. The zero-order chi connectivity index (χ0) is 19.2. The van der Waals surface area contributed by atoms with Crippen LogP contribution in [0.4, 0.5) is 18.9 Å². The molecule has 0 saturated heterocycles. The summed E-state index contributed by atoms with van der Waals surface area (Å²) in [5, 5.41) is 14.5. The highest BCUT2D eigenvalue weighted by Gasteiger charge is 2.33. The van der Waals surface area contributed by atoms with E-state index in [1.165, 1.54) is 12.1 Å². The van der Waals surface area contributed by atoms with Gasteiger partial charge in [0.05, 0.1) is 11.3 Å². The molecule has 26 heavy (non-hydrogen) atoms. The van der Waals surface area contributed by atoms with Crippen molar-refractivity contribution in [2.45, 2.75) is 12.7 Å². The van der Waals surface area contributed by atoms with Crippen LogP contribution in [0.5, 0.6) is 0 Å². The molecule has 2 rings (SSSR count). The Labute approximate surface area is 152 Å². The lowest BCUT2D eigenvalue weighted by molar-refractivity contribution is -0.137. The third-order valence-corrected chi connectivity index (χ3v) is 3.56. The molecule has 0 heterocycles. The van der Waals surface area contributed by atoms with Crippen molar-refractivity contribution in [3.8, 4) is 6.07 Å². The van der Waals surface area contributed by atoms with Crippen molar-refractivity contribution in [3.63, 3.8) is 0 Å². The fourth-order valence-electron chi connectivity index (χ4n) is 2.05. The summed E-state index contributed by atoms with van der Waals surface area (Å²) in [5.41, 5.74) is -0.898. The summed E-state index contributed by atoms with van der Waals surface area (Å²) in [6.07, 6.45) is -3.46. The molecule has 2 N–H and O–H groups in total. The molecule has 0 radical (unpaired) electrons. The smallest absolute Gasteiger partial charge is 0.386 e. The Morgan fingerprint density at radius 3 is 2.42 bits per heavy atom. The first-order chi connectivity index (χ1) is 12.3. The second-order valence-corrected chi connectivity index (χ2v) is 5.61. The van der Waals surface area contributed by atoms with Gasteiger partial charge in [-0.25, -0.2) is 0 Å². The lowest BCUT2D eigenvalue weighted by Gasteiger charge is -2.13. The first-order valence-corrected chi connectivity index (χ1v) is 7.74. The van der Waals surface area contributed by atoms with E-state index >= 15 is 0 Å². The van der Waals surface area contributed by atoms with E-state index in [4.69, 9.17) is 16.9 Å². The van der Waals surface area contributed by atoms with Crippen molar-refractivity contribution < 1.29 is 18.0 Å². The van der Waals surface area contributed by atoms with Crippen LogP contribution in [-0.4, -0.2) is 5.91 Å². The Balaban J connectivity index is 2.07. The van der Waals surface area contributed by atoms with Crippen LogP contribution in [0.1, 0.15) is 11.1 Å². The number of nitriles is 1. The highest BCUT2D eigenvalue weighted by Crippen LogP contribution is 2.34. The van der Waals surface area contributed by atoms with Gasteiger partial charge in [0, 0.05) is 17.8 Å². The summed E-state index contributed by atoms with van der Waals surface area (Å²) in [6.45, 7) is 0.314. The molecule has 0 spiro atoms. The minimum Gasteiger partial charge on any atom is -0.386 e. The maximum absolute atomic E-state index is 12.9. The Hall–Kier alpha value is -2.98. The normalized spacial score (nSPS) is 11.6. The Kier molecular flexibility index (Phi) is 6.26. The van der Waals surface area contributed by atoms with Crippen LogP contribution in [0.25, 0.3) is 0 Å². The van der Waals surface area contributed by atoms with E-state index in [1.54, 1.807) is 30.3 Å². The largest absolute Gasteiger partial charge is 0.418 e. The van der Waals surface area contributed by atoms with Gasteiger partial charge in [0.2, 0.25) is 0 Å². The molecule has 0 saturated carbocycles. The number of rotatable bonds is 5. The number of nitrogens with one attached hydrogen (secondary N) is 2.